The van der Waals surface area contributed by atoms with Gasteiger partial charge in [-0.2, -0.15) is 0 Å². The lowest BCUT2D eigenvalue weighted by molar-refractivity contribution is 0.489. The fourth-order valence-electron chi connectivity index (χ4n) is 2.19. The molecule has 2 aromatic rings. The summed E-state index contributed by atoms with van der Waals surface area (Å²) in [6, 6.07) is 5.31. The molecule has 18 heavy (non-hydrogen) atoms. The molecular weight excluding hydrogens is 269 g/mol. The summed E-state index contributed by atoms with van der Waals surface area (Å²) in [5.41, 5.74) is 1.12. The minimum absolute atomic E-state index is 0.334. The van der Waals surface area contributed by atoms with Crippen LogP contribution in [0.15, 0.2) is 28.8 Å². The van der Waals surface area contributed by atoms with Gasteiger partial charge in [-0.3, -0.25) is 0 Å². The summed E-state index contributed by atoms with van der Waals surface area (Å²) in [6.45, 7) is 4.46. The summed E-state index contributed by atoms with van der Waals surface area (Å²) < 4.78 is 5.81. The Kier molecular flexibility index (Phi) is 2.68. The van der Waals surface area contributed by atoms with Crippen molar-refractivity contribution < 1.29 is 4.42 Å². The third-order valence-corrected chi connectivity index (χ3v) is 4.09. The van der Waals surface area contributed by atoms with Gasteiger partial charge in [0.05, 0.1) is 16.8 Å². The zero-order chi connectivity index (χ0) is 12.9. The van der Waals surface area contributed by atoms with Crippen LogP contribution in [0.25, 0.3) is 11.5 Å². The molecule has 4 heteroatoms. The summed E-state index contributed by atoms with van der Waals surface area (Å²) in [7, 11) is 0. The third kappa shape index (κ3) is 2.04. The molecule has 1 atom stereocenters. The maximum absolute atomic E-state index is 6.14. The van der Waals surface area contributed by atoms with Crippen molar-refractivity contribution in [1.29, 1.82) is 0 Å². The van der Waals surface area contributed by atoms with Crippen LogP contribution >= 0.6 is 23.2 Å². The molecule has 1 aliphatic carbocycles. The van der Waals surface area contributed by atoms with Crippen molar-refractivity contribution >= 4 is 23.2 Å². The second-order valence-electron chi connectivity index (χ2n) is 5.44. The Morgan fingerprint density at radius 2 is 2.06 bits per heavy atom. The molecule has 1 aliphatic rings. The van der Waals surface area contributed by atoms with Crippen molar-refractivity contribution in [2.75, 3.05) is 0 Å². The first-order chi connectivity index (χ1) is 8.47. The highest BCUT2D eigenvalue weighted by Crippen LogP contribution is 2.58. The zero-order valence-corrected chi connectivity index (χ0v) is 11.7. The third-order valence-electron chi connectivity index (χ3n) is 3.54. The molecule has 1 aromatic heterocycles. The number of hydrogen-bond acceptors (Lipinski definition) is 2. The molecule has 0 spiro atoms. The monoisotopic (exact) mass is 281 g/mol. The standard InChI is InChI=1S/C14H13Cl2NO/c1-14(2)6-10(14)12-7-17-13(18-12)9-4-3-8(15)5-11(9)16/h3-5,7,10H,6H2,1-2H3. The Hall–Kier alpha value is -0.990. The average molecular weight is 282 g/mol. The smallest absolute Gasteiger partial charge is 0.227 e. The summed E-state index contributed by atoms with van der Waals surface area (Å²) in [5, 5.41) is 1.17. The number of rotatable bonds is 2. The lowest BCUT2D eigenvalue weighted by Crippen LogP contribution is -1.87. The lowest BCUT2D eigenvalue weighted by Gasteiger charge is -2.01. The molecule has 94 valence electrons. The van der Waals surface area contributed by atoms with E-state index in [4.69, 9.17) is 27.6 Å². The van der Waals surface area contributed by atoms with Gasteiger partial charge in [-0.25, -0.2) is 4.98 Å². The number of aromatic nitrogens is 1. The Labute approximate surface area is 116 Å². The topological polar surface area (TPSA) is 26.0 Å². The predicted octanol–water partition coefficient (Wildman–Crippen LogP) is 5.16. The van der Waals surface area contributed by atoms with Crippen LogP contribution in [-0.2, 0) is 0 Å². The Morgan fingerprint density at radius 1 is 1.33 bits per heavy atom. The van der Waals surface area contributed by atoms with Gasteiger partial charge >= 0.3 is 0 Å². The van der Waals surface area contributed by atoms with Crippen LogP contribution in [0.2, 0.25) is 10.0 Å². The van der Waals surface area contributed by atoms with Crippen molar-refractivity contribution in [1.82, 2.24) is 4.98 Å². The highest BCUT2D eigenvalue weighted by atomic mass is 35.5. The van der Waals surface area contributed by atoms with Gasteiger partial charge in [0, 0.05) is 10.9 Å². The van der Waals surface area contributed by atoms with Gasteiger partial charge in [-0.1, -0.05) is 37.0 Å². The van der Waals surface area contributed by atoms with E-state index < -0.39 is 0 Å². The molecule has 2 nitrogen and oxygen atoms in total. The van der Waals surface area contributed by atoms with Crippen molar-refractivity contribution in [3.8, 4) is 11.5 Å². The maximum Gasteiger partial charge on any atom is 0.227 e. The van der Waals surface area contributed by atoms with E-state index in [0.717, 1.165) is 17.7 Å². The number of halogens is 2. The van der Waals surface area contributed by atoms with Crippen LogP contribution in [0.1, 0.15) is 31.9 Å². The number of nitrogens with zero attached hydrogens (tertiary/aromatic N) is 1. The molecule has 1 aromatic carbocycles. The summed E-state index contributed by atoms with van der Waals surface area (Å²) in [6.07, 6.45) is 2.95. The van der Waals surface area contributed by atoms with E-state index in [-0.39, 0.29) is 0 Å². The SMILES string of the molecule is CC1(C)CC1c1cnc(-c2ccc(Cl)cc2Cl)o1. The number of oxazole rings is 1. The van der Waals surface area contributed by atoms with Crippen molar-refractivity contribution in [3.05, 3.63) is 40.2 Å². The largest absolute Gasteiger partial charge is 0.441 e. The van der Waals surface area contributed by atoms with Crippen LogP contribution in [-0.4, -0.2) is 4.98 Å². The Bertz CT molecular complexity index is 604. The molecule has 0 N–H and O–H groups in total. The van der Waals surface area contributed by atoms with Crippen LogP contribution in [0.5, 0.6) is 0 Å². The van der Waals surface area contributed by atoms with Crippen LogP contribution in [0, 0.1) is 5.41 Å². The van der Waals surface area contributed by atoms with E-state index >= 15 is 0 Å². The maximum atomic E-state index is 6.14. The van der Waals surface area contributed by atoms with Gasteiger partial charge in [-0.05, 0) is 30.0 Å². The fraction of sp³-hybridized carbons (Fsp3) is 0.357. The van der Waals surface area contributed by atoms with Crippen LogP contribution in [0.3, 0.4) is 0 Å². The molecule has 0 aliphatic heterocycles. The molecule has 0 saturated heterocycles. The van der Waals surface area contributed by atoms with Gasteiger partial charge < -0.3 is 4.42 Å². The summed E-state index contributed by atoms with van der Waals surface area (Å²) in [5.74, 6) is 1.99. The summed E-state index contributed by atoms with van der Waals surface area (Å²) >= 11 is 12.0. The minimum Gasteiger partial charge on any atom is -0.441 e. The van der Waals surface area contributed by atoms with Gasteiger partial charge in [0.15, 0.2) is 0 Å². The van der Waals surface area contributed by atoms with Crippen molar-refractivity contribution in [2.45, 2.75) is 26.2 Å². The van der Waals surface area contributed by atoms with E-state index in [1.807, 2.05) is 6.07 Å². The Morgan fingerprint density at radius 3 is 2.67 bits per heavy atom. The molecular formula is C14H13Cl2NO. The van der Waals surface area contributed by atoms with Gasteiger partial charge in [0.2, 0.25) is 5.89 Å². The highest BCUT2D eigenvalue weighted by Gasteiger charge is 2.48. The molecule has 0 bridgehead atoms. The minimum atomic E-state index is 0.334. The van der Waals surface area contributed by atoms with E-state index in [9.17, 15) is 0 Å². The lowest BCUT2D eigenvalue weighted by atomic mass is 10.1. The second-order valence-corrected chi connectivity index (χ2v) is 6.28. The van der Waals surface area contributed by atoms with Gasteiger partial charge in [-0.15, -0.1) is 0 Å². The molecule has 3 rings (SSSR count). The summed E-state index contributed by atoms with van der Waals surface area (Å²) in [4.78, 5) is 4.31. The second kappa shape index (κ2) is 4.01. The highest BCUT2D eigenvalue weighted by molar-refractivity contribution is 6.36. The average Bonchev–Trinajstić information content (AvgIpc) is 2.74. The zero-order valence-electron chi connectivity index (χ0n) is 10.2. The van der Waals surface area contributed by atoms with Gasteiger partial charge in [0.25, 0.3) is 0 Å². The van der Waals surface area contributed by atoms with Crippen molar-refractivity contribution in [2.24, 2.45) is 5.41 Å². The quantitative estimate of drug-likeness (QED) is 0.760. The van der Waals surface area contributed by atoms with Crippen LogP contribution < -0.4 is 0 Å². The first-order valence-corrected chi connectivity index (χ1v) is 6.64. The molecule has 1 fully saturated rings. The number of hydrogen-bond donors (Lipinski definition) is 0. The first kappa shape index (κ1) is 12.1. The van der Waals surface area contributed by atoms with E-state index in [1.165, 1.54) is 0 Å². The normalized spacial score (nSPS) is 21.0. The first-order valence-electron chi connectivity index (χ1n) is 5.88. The fourth-order valence-corrected chi connectivity index (χ4v) is 2.68. The predicted molar refractivity (Wildman–Crippen MR) is 73.1 cm³/mol. The molecule has 1 saturated carbocycles. The molecule has 1 heterocycles. The number of benzene rings is 1. The van der Waals surface area contributed by atoms with E-state index in [2.05, 4.69) is 18.8 Å². The van der Waals surface area contributed by atoms with Crippen molar-refractivity contribution in [3.63, 3.8) is 0 Å². The molecule has 1 unspecified atom stereocenters. The van der Waals surface area contributed by atoms with Crippen LogP contribution in [0.4, 0.5) is 0 Å². The van der Waals surface area contributed by atoms with Gasteiger partial charge in [0.1, 0.15) is 5.76 Å². The molecule has 0 radical (unpaired) electrons. The Balaban J connectivity index is 1.94. The molecule has 0 amide bonds. The van der Waals surface area contributed by atoms with E-state index in [0.29, 0.717) is 27.3 Å². The van der Waals surface area contributed by atoms with E-state index in [1.54, 1.807) is 18.3 Å².